The Morgan fingerprint density at radius 3 is 2.19 bits per heavy atom. The molecule has 0 fully saturated rings. The Morgan fingerprint density at radius 1 is 1.05 bits per heavy atom. The molecule has 1 unspecified atom stereocenters. The average molecular weight is 413 g/mol. The van der Waals surface area contributed by atoms with Crippen LogP contribution in [0.2, 0.25) is 0 Å². The molecule has 1 atom stereocenters. The summed E-state index contributed by atoms with van der Waals surface area (Å²) in [5.74, 6) is 1.67. The Kier molecular flexibility index (Phi) is 5.47. The largest absolute Gasteiger partial charge is 0.456 e. The number of ether oxygens (including phenoxy) is 1. The van der Waals surface area contributed by atoms with Gasteiger partial charge in [0.25, 0.3) is 0 Å². The quantitative estimate of drug-likeness (QED) is 0.674. The number of hydrogen-bond acceptors (Lipinski definition) is 2. The molecule has 2 rings (SSSR count). The van der Waals surface area contributed by atoms with Crippen molar-refractivity contribution < 1.29 is 4.74 Å². The maximum absolute atomic E-state index is 6.01. The minimum absolute atomic E-state index is 0.313. The van der Waals surface area contributed by atoms with E-state index in [0.29, 0.717) is 6.04 Å². The molecule has 1 N–H and O–H groups in total. The van der Waals surface area contributed by atoms with Crippen molar-refractivity contribution in [1.29, 1.82) is 0 Å². The SMILES string of the molecule is CNC(C)c1ccc(Oc2cc(C)c(Br)c(C)c2)c(Br)c1. The summed E-state index contributed by atoms with van der Waals surface area (Å²) in [6.45, 7) is 6.26. The molecular formula is C17H19Br2NO. The highest BCUT2D eigenvalue weighted by Gasteiger charge is 2.09. The van der Waals surface area contributed by atoms with Crippen molar-refractivity contribution in [2.24, 2.45) is 0 Å². The second-order valence-electron chi connectivity index (χ2n) is 5.17. The van der Waals surface area contributed by atoms with Gasteiger partial charge in [0.15, 0.2) is 0 Å². The first kappa shape index (κ1) is 16.5. The summed E-state index contributed by atoms with van der Waals surface area (Å²) in [5.41, 5.74) is 3.56. The van der Waals surface area contributed by atoms with Gasteiger partial charge in [0.05, 0.1) is 4.47 Å². The van der Waals surface area contributed by atoms with Crippen molar-refractivity contribution in [2.75, 3.05) is 7.05 Å². The van der Waals surface area contributed by atoms with Crippen LogP contribution in [0.1, 0.15) is 29.7 Å². The van der Waals surface area contributed by atoms with E-state index in [9.17, 15) is 0 Å². The first-order chi connectivity index (χ1) is 9.92. The lowest BCUT2D eigenvalue weighted by atomic mass is 10.1. The number of aryl methyl sites for hydroxylation is 2. The van der Waals surface area contributed by atoms with Crippen LogP contribution in [0.5, 0.6) is 11.5 Å². The van der Waals surface area contributed by atoms with Crippen LogP contribution >= 0.6 is 31.9 Å². The fourth-order valence-electron chi connectivity index (χ4n) is 2.13. The van der Waals surface area contributed by atoms with Crippen LogP contribution in [-0.4, -0.2) is 7.05 Å². The summed E-state index contributed by atoms with van der Waals surface area (Å²) in [4.78, 5) is 0. The summed E-state index contributed by atoms with van der Waals surface area (Å²) in [7, 11) is 1.95. The minimum atomic E-state index is 0.313. The molecule has 0 aliphatic carbocycles. The minimum Gasteiger partial charge on any atom is -0.456 e. The molecule has 0 bridgehead atoms. The Morgan fingerprint density at radius 2 is 1.67 bits per heavy atom. The molecule has 2 aromatic carbocycles. The zero-order chi connectivity index (χ0) is 15.6. The molecule has 0 heterocycles. The molecule has 112 valence electrons. The molecule has 0 amide bonds. The molecule has 21 heavy (non-hydrogen) atoms. The first-order valence-electron chi connectivity index (χ1n) is 6.83. The summed E-state index contributed by atoms with van der Waals surface area (Å²) >= 11 is 7.17. The van der Waals surface area contributed by atoms with E-state index in [1.807, 2.05) is 25.2 Å². The van der Waals surface area contributed by atoms with Gasteiger partial charge < -0.3 is 10.1 Å². The van der Waals surface area contributed by atoms with E-state index in [0.717, 1.165) is 20.4 Å². The molecule has 2 aromatic rings. The van der Waals surface area contributed by atoms with E-state index in [2.05, 4.69) is 70.1 Å². The Labute approximate surface area is 143 Å². The van der Waals surface area contributed by atoms with Crippen LogP contribution in [0.15, 0.2) is 39.3 Å². The number of hydrogen-bond donors (Lipinski definition) is 1. The molecule has 4 heteroatoms. The van der Waals surface area contributed by atoms with Crippen LogP contribution in [0.3, 0.4) is 0 Å². The summed E-state index contributed by atoms with van der Waals surface area (Å²) in [6.07, 6.45) is 0. The van der Waals surface area contributed by atoms with Gasteiger partial charge in [-0.05, 0) is 84.7 Å². The number of rotatable bonds is 4. The van der Waals surface area contributed by atoms with E-state index >= 15 is 0 Å². The lowest BCUT2D eigenvalue weighted by molar-refractivity contribution is 0.478. The van der Waals surface area contributed by atoms with Crippen molar-refractivity contribution in [3.8, 4) is 11.5 Å². The molecule has 0 aliphatic rings. The molecule has 0 radical (unpaired) electrons. The lowest BCUT2D eigenvalue weighted by Gasteiger charge is -2.14. The van der Waals surface area contributed by atoms with Crippen molar-refractivity contribution in [2.45, 2.75) is 26.8 Å². The van der Waals surface area contributed by atoms with Crippen molar-refractivity contribution in [1.82, 2.24) is 5.32 Å². The second-order valence-corrected chi connectivity index (χ2v) is 6.82. The first-order valence-corrected chi connectivity index (χ1v) is 8.42. The second kappa shape index (κ2) is 6.95. The van der Waals surface area contributed by atoms with Gasteiger partial charge >= 0.3 is 0 Å². The maximum atomic E-state index is 6.01. The highest BCUT2D eigenvalue weighted by atomic mass is 79.9. The summed E-state index contributed by atoms with van der Waals surface area (Å²) < 4.78 is 8.10. The summed E-state index contributed by atoms with van der Waals surface area (Å²) in [6, 6.07) is 10.6. The zero-order valence-electron chi connectivity index (χ0n) is 12.6. The van der Waals surface area contributed by atoms with Crippen molar-refractivity contribution in [3.63, 3.8) is 0 Å². The molecule has 2 nitrogen and oxygen atoms in total. The maximum Gasteiger partial charge on any atom is 0.141 e. The highest BCUT2D eigenvalue weighted by molar-refractivity contribution is 9.10. The highest BCUT2D eigenvalue weighted by Crippen LogP contribution is 2.34. The van der Waals surface area contributed by atoms with Gasteiger partial charge in [-0.1, -0.05) is 22.0 Å². The third-order valence-corrected chi connectivity index (χ3v) is 5.40. The number of benzene rings is 2. The van der Waals surface area contributed by atoms with Crippen LogP contribution in [0, 0.1) is 13.8 Å². The number of nitrogens with one attached hydrogen (secondary N) is 1. The third kappa shape index (κ3) is 3.87. The van der Waals surface area contributed by atoms with E-state index in [1.54, 1.807) is 0 Å². The number of halogens is 2. The smallest absolute Gasteiger partial charge is 0.141 e. The molecule has 0 saturated carbocycles. The van der Waals surface area contributed by atoms with Gasteiger partial charge in [-0.2, -0.15) is 0 Å². The predicted molar refractivity (Wildman–Crippen MR) is 95.3 cm³/mol. The topological polar surface area (TPSA) is 21.3 Å². The van der Waals surface area contributed by atoms with Crippen molar-refractivity contribution in [3.05, 3.63) is 56.0 Å². The molecule has 0 spiro atoms. The van der Waals surface area contributed by atoms with Crippen LogP contribution < -0.4 is 10.1 Å². The Hall–Kier alpha value is -0.840. The predicted octanol–water partition coefficient (Wildman–Crippen LogP) is 5.90. The van der Waals surface area contributed by atoms with Gasteiger partial charge in [0.2, 0.25) is 0 Å². The summed E-state index contributed by atoms with van der Waals surface area (Å²) in [5, 5.41) is 3.23. The van der Waals surface area contributed by atoms with E-state index in [1.165, 1.54) is 16.7 Å². The fourth-order valence-corrected chi connectivity index (χ4v) is 2.83. The standard InChI is InChI=1S/C17H19Br2NO/c1-10-7-14(8-11(2)17(10)19)21-16-6-5-13(9-15(16)18)12(3)20-4/h5-9,12,20H,1-4H3. The van der Waals surface area contributed by atoms with Gasteiger partial charge in [0.1, 0.15) is 11.5 Å². The monoisotopic (exact) mass is 411 g/mol. The van der Waals surface area contributed by atoms with Gasteiger partial charge in [-0.3, -0.25) is 0 Å². The van der Waals surface area contributed by atoms with Gasteiger partial charge in [0, 0.05) is 10.5 Å². The van der Waals surface area contributed by atoms with Gasteiger partial charge in [-0.15, -0.1) is 0 Å². The third-order valence-electron chi connectivity index (χ3n) is 3.53. The molecule has 0 saturated heterocycles. The van der Waals surface area contributed by atoms with E-state index in [4.69, 9.17) is 4.74 Å². The molecule has 0 aromatic heterocycles. The van der Waals surface area contributed by atoms with E-state index in [-0.39, 0.29) is 0 Å². The Bertz CT molecular complexity index is 632. The lowest BCUT2D eigenvalue weighted by Crippen LogP contribution is -2.12. The van der Waals surface area contributed by atoms with Crippen LogP contribution in [-0.2, 0) is 0 Å². The normalized spacial score (nSPS) is 12.3. The average Bonchev–Trinajstić information content (AvgIpc) is 2.46. The van der Waals surface area contributed by atoms with E-state index < -0.39 is 0 Å². The Balaban J connectivity index is 2.28. The van der Waals surface area contributed by atoms with Crippen molar-refractivity contribution >= 4 is 31.9 Å². The van der Waals surface area contributed by atoms with Crippen LogP contribution in [0.4, 0.5) is 0 Å². The fraction of sp³-hybridized carbons (Fsp3) is 0.294. The van der Waals surface area contributed by atoms with Gasteiger partial charge in [-0.25, -0.2) is 0 Å². The van der Waals surface area contributed by atoms with Crippen LogP contribution in [0.25, 0.3) is 0 Å². The zero-order valence-corrected chi connectivity index (χ0v) is 15.8. The molecule has 0 aliphatic heterocycles. The molecular weight excluding hydrogens is 394 g/mol.